The van der Waals surface area contributed by atoms with Crippen LogP contribution in [0.2, 0.25) is 0 Å². The molecule has 1 atom stereocenters. The molecule has 60 valence electrons. The molecule has 1 aromatic heterocycles. The van der Waals surface area contributed by atoms with E-state index >= 15 is 0 Å². The molecular formula is C7H11N3O. The number of aryl methyl sites for hydroxylation is 1. The number of aliphatic hydroxyl groups excluding tert-OH is 1. The van der Waals surface area contributed by atoms with Crippen molar-refractivity contribution in [1.82, 2.24) is 14.8 Å². The number of aliphatic hydroxyl groups is 1. The van der Waals surface area contributed by atoms with Crippen molar-refractivity contribution in [1.29, 1.82) is 0 Å². The fourth-order valence-electron chi connectivity index (χ4n) is 1.44. The maximum Gasteiger partial charge on any atom is 0.161 e. The van der Waals surface area contributed by atoms with E-state index in [1.54, 1.807) is 6.33 Å². The second kappa shape index (κ2) is 2.62. The molecule has 0 aliphatic carbocycles. The van der Waals surface area contributed by atoms with Crippen LogP contribution in [-0.2, 0) is 6.54 Å². The number of nitrogens with zero attached hydrogens (tertiary/aromatic N) is 3. The van der Waals surface area contributed by atoms with Gasteiger partial charge in [-0.05, 0) is 19.3 Å². The molecule has 0 aromatic carbocycles. The first kappa shape index (κ1) is 6.79. The number of fused-ring (bicyclic) bond motifs is 1. The highest BCUT2D eigenvalue weighted by Crippen LogP contribution is 2.20. The van der Waals surface area contributed by atoms with Gasteiger partial charge in [-0.3, -0.25) is 0 Å². The first-order valence-electron chi connectivity index (χ1n) is 3.93. The van der Waals surface area contributed by atoms with E-state index in [4.69, 9.17) is 0 Å². The summed E-state index contributed by atoms with van der Waals surface area (Å²) in [6, 6.07) is 0. The molecule has 0 amide bonds. The Hall–Kier alpha value is -0.900. The van der Waals surface area contributed by atoms with Crippen LogP contribution in [0.3, 0.4) is 0 Å². The van der Waals surface area contributed by atoms with E-state index in [0.29, 0.717) is 0 Å². The van der Waals surface area contributed by atoms with Crippen molar-refractivity contribution in [3.05, 3.63) is 12.2 Å². The first-order chi connectivity index (χ1) is 5.38. The second-order valence-corrected chi connectivity index (χ2v) is 2.89. The molecule has 4 heteroatoms. The van der Waals surface area contributed by atoms with Gasteiger partial charge >= 0.3 is 0 Å². The molecule has 1 aliphatic heterocycles. The zero-order valence-electron chi connectivity index (χ0n) is 6.27. The molecule has 0 bridgehead atoms. The lowest BCUT2D eigenvalue weighted by Gasteiger charge is -2.04. The van der Waals surface area contributed by atoms with Gasteiger partial charge in [0.1, 0.15) is 12.4 Å². The van der Waals surface area contributed by atoms with Crippen molar-refractivity contribution in [3.8, 4) is 0 Å². The Labute approximate surface area is 64.9 Å². The molecule has 1 aliphatic rings. The maximum absolute atomic E-state index is 9.51. The van der Waals surface area contributed by atoms with E-state index in [9.17, 15) is 5.11 Å². The Morgan fingerprint density at radius 2 is 2.45 bits per heavy atom. The van der Waals surface area contributed by atoms with E-state index in [2.05, 4.69) is 10.2 Å². The van der Waals surface area contributed by atoms with Crippen LogP contribution >= 0.6 is 0 Å². The standard InChI is InChI=1S/C7H11N3O/c11-6-3-1-2-4-10-5-8-9-7(6)10/h5-6,11H,1-4H2/t6-/m0/s1. The SMILES string of the molecule is O[C@H]1CCCCn2cnnc21. The van der Waals surface area contributed by atoms with Gasteiger partial charge in [0.15, 0.2) is 5.82 Å². The summed E-state index contributed by atoms with van der Waals surface area (Å²) < 4.78 is 1.93. The molecule has 1 N–H and O–H groups in total. The average molecular weight is 153 g/mol. The van der Waals surface area contributed by atoms with E-state index in [1.165, 1.54) is 0 Å². The second-order valence-electron chi connectivity index (χ2n) is 2.89. The summed E-state index contributed by atoms with van der Waals surface area (Å²) in [6.07, 6.45) is 4.29. The van der Waals surface area contributed by atoms with Crippen molar-refractivity contribution in [2.45, 2.75) is 31.9 Å². The van der Waals surface area contributed by atoms with E-state index in [1.807, 2.05) is 4.57 Å². The Morgan fingerprint density at radius 3 is 3.36 bits per heavy atom. The maximum atomic E-state index is 9.51. The smallest absolute Gasteiger partial charge is 0.161 e. The fraction of sp³-hybridized carbons (Fsp3) is 0.714. The third-order valence-corrected chi connectivity index (χ3v) is 2.07. The summed E-state index contributed by atoms with van der Waals surface area (Å²) >= 11 is 0. The summed E-state index contributed by atoms with van der Waals surface area (Å²) in [5, 5.41) is 17.1. The number of hydrogen-bond donors (Lipinski definition) is 1. The van der Waals surface area contributed by atoms with Gasteiger partial charge in [0.05, 0.1) is 0 Å². The molecule has 0 radical (unpaired) electrons. The van der Waals surface area contributed by atoms with Crippen LogP contribution in [0.5, 0.6) is 0 Å². The highest BCUT2D eigenvalue weighted by molar-refractivity contribution is 4.92. The minimum atomic E-state index is -0.403. The lowest BCUT2D eigenvalue weighted by Crippen LogP contribution is -2.04. The quantitative estimate of drug-likeness (QED) is 0.590. The fourth-order valence-corrected chi connectivity index (χ4v) is 1.44. The van der Waals surface area contributed by atoms with Crippen LogP contribution in [0.25, 0.3) is 0 Å². The topological polar surface area (TPSA) is 50.9 Å². The Balaban J connectivity index is 2.34. The summed E-state index contributed by atoms with van der Waals surface area (Å²) in [4.78, 5) is 0. The van der Waals surface area contributed by atoms with Crippen LogP contribution in [-0.4, -0.2) is 19.9 Å². The van der Waals surface area contributed by atoms with Gasteiger partial charge in [0, 0.05) is 6.54 Å². The van der Waals surface area contributed by atoms with Gasteiger partial charge in [-0.15, -0.1) is 10.2 Å². The van der Waals surface area contributed by atoms with Crippen LogP contribution in [0.15, 0.2) is 6.33 Å². The van der Waals surface area contributed by atoms with E-state index in [0.717, 1.165) is 31.6 Å². The first-order valence-corrected chi connectivity index (χ1v) is 3.93. The third-order valence-electron chi connectivity index (χ3n) is 2.07. The number of rotatable bonds is 0. The van der Waals surface area contributed by atoms with E-state index in [-0.39, 0.29) is 0 Å². The van der Waals surface area contributed by atoms with Gasteiger partial charge in [0.2, 0.25) is 0 Å². The highest BCUT2D eigenvalue weighted by Gasteiger charge is 2.17. The number of hydrogen-bond acceptors (Lipinski definition) is 3. The minimum absolute atomic E-state index is 0.403. The van der Waals surface area contributed by atoms with Crippen LogP contribution < -0.4 is 0 Å². The monoisotopic (exact) mass is 153 g/mol. The Bertz CT molecular complexity index is 246. The molecular weight excluding hydrogens is 142 g/mol. The molecule has 0 fully saturated rings. The molecule has 4 nitrogen and oxygen atoms in total. The van der Waals surface area contributed by atoms with Crippen molar-refractivity contribution < 1.29 is 5.11 Å². The lowest BCUT2D eigenvalue weighted by molar-refractivity contribution is 0.156. The average Bonchev–Trinajstić information content (AvgIpc) is 2.40. The normalized spacial score (nSPS) is 24.3. The number of aromatic nitrogens is 3. The van der Waals surface area contributed by atoms with Crippen LogP contribution in [0, 0.1) is 0 Å². The van der Waals surface area contributed by atoms with Crippen LogP contribution in [0.4, 0.5) is 0 Å². The third kappa shape index (κ3) is 1.14. The minimum Gasteiger partial charge on any atom is -0.385 e. The molecule has 1 aromatic rings. The predicted molar refractivity (Wildman–Crippen MR) is 38.8 cm³/mol. The highest BCUT2D eigenvalue weighted by atomic mass is 16.3. The molecule has 0 unspecified atom stereocenters. The van der Waals surface area contributed by atoms with Gasteiger partial charge < -0.3 is 9.67 Å². The Morgan fingerprint density at radius 1 is 1.55 bits per heavy atom. The molecule has 0 saturated carbocycles. The zero-order valence-corrected chi connectivity index (χ0v) is 6.27. The largest absolute Gasteiger partial charge is 0.385 e. The molecule has 2 heterocycles. The van der Waals surface area contributed by atoms with Gasteiger partial charge in [-0.25, -0.2) is 0 Å². The molecule has 0 saturated heterocycles. The zero-order chi connectivity index (χ0) is 7.68. The van der Waals surface area contributed by atoms with Crippen molar-refractivity contribution in [3.63, 3.8) is 0 Å². The molecule has 2 rings (SSSR count). The summed E-state index contributed by atoms with van der Waals surface area (Å²) in [6.45, 7) is 0.944. The summed E-state index contributed by atoms with van der Waals surface area (Å²) in [5.41, 5.74) is 0. The molecule has 0 spiro atoms. The van der Waals surface area contributed by atoms with Gasteiger partial charge in [-0.2, -0.15) is 0 Å². The Kier molecular flexibility index (Phi) is 1.62. The van der Waals surface area contributed by atoms with Gasteiger partial charge in [-0.1, -0.05) is 0 Å². The molecule has 11 heavy (non-hydrogen) atoms. The van der Waals surface area contributed by atoms with Gasteiger partial charge in [0.25, 0.3) is 0 Å². The van der Waals surface area contributed by atoms with E-state index < -0.39 is 6.10 Å². The lowest BCUT2D eigenvalue weighted by atomic mass is 10.2. The summed E-state index contributed by atoms with van der Waals surface area (Å²) in [7, 11) is 0. The van der Waals surface area contributed by atoms with Crippen molar-refractivity contribution in [2.24, 2.45) is 0 Å². The summed E-state index contributed by atoms with van der Waals surface area (Å²) in [5.74, 6) is 0.725. The predicted octanol–water partition coefficient (Wildman–Crippen LogP) is 0.495. The van der Waals surface area contributed by atoms with Crippen molar-refractivity contribution >= 4 is 0 Å². The van der Waals surface area contributed by atoms with Crippen LogP contribution in [0.1, 0.15) is 31.2 Å². The van der Waals surface area contributed by atoms with Crippen molar-refractivity contribution in [2.75, 3.05) is 0 Å².